The van der Waals surface area contributed by atoms with Crippen molar-refractivity contribution in [2.75, 3.05) is 6.54 Å². The summed E-state index contributed by atoms with van der Waals surface area (Å²) in [5, 5.41) is 11.9. The predicted molar refractivity (Wildman–Crippen MR) is 82.8 cm³/mol. The zero-order valence-electron chi connectivity index (χ0n) is 11.6. The lowest BCUT2D eigenvalue weighted by Crippen LogP contribution is -2.42. The molecule has 1 aromatic carbocycles. The molecule has 0 aliphatic heterocycles. The molecule has 3 rings (SSSR count). The number of carbonyl (C=O) groups is 2. The average molecular weight is 303 g/mol. The number of aliphatic carboxylic acids is 1. The molecule has 0 spiro atoms. The van der Waals surface area contributed by atoms with Crippen LogP contribution in [0.1, 0.15) is 36.0 Å². The van der Waals surface area contributed by atoms with Gasteiger partial charge in [0, 0.05) is 21.5 Å². The number of thiophene rings is 1. The Kier molecular flexibility index (Phi) is 3.92. The number of carboxylic acids is 1. The van der Waals surface area contributed by atoms with Gasteiger partial charge in [-0.05, 0) is 18.9 Å². The predicted octanol–water partition coefficient (Wildman–Crippen LogP) is 3.37. The maximum Gasteiger partial charge on any atom is 0.323 e. The average Bonchev–Trinajstić information content (AvgIpc) is 3.13. The van der Waals surface area contributed by atoms with E-state index in [1.807, 2.05) is 29.6 Å². The van der Waals surface area contributed by atoms with Crippen molar-refractivity contribution in [3.8, 4) is 0 Å². The van der Waals surface area contributed by atoms with Crippen molar-refractivity contribution in [2.45, 2.75) is 31.7 Å². The zero-order chi connectivity index (χ0) is 14.8. The highest BCUT2D eigenvalue weighted by molar-refractivity contribution is 7.17. The van der Waals surface area contributed by atoms with E-state index in [0.29, 0.717) is 5.56 Å². The van der Waals surface area contributed by atoms with Crippen LogP contribution in [-0.4, -0.2) is 34.5 Å². The van der Waals surface area contributed by atoms with Gasteiger partial charge in [0.15, 0.2) is 0 Å². The number of hydrogen-bond donors (Lipinski definition) is 1. The van der Waals surface area contributed by atoms with E-state index >= 15 is 0 Å². The van der Waals surface area contributed by atoms with E-state index in [0.717, 1.165) is 35.8 Å². The normalized spacial score (nSPS) is 15.4. The highest BCUT2D eigenvalue weighted by Gasteiger charge is 2.30. The fourth-order valence-electron chi connectivity index (χ4n) is 3.03. The first-order chi connectivity index (χ1) is 10.2. The Morgan fingerprint density at radius 3 is 2.67 bits per heavy atom. The SMILES string of the molecule is O=C(O)CN(C(=O)c1csc2ccccc12)C1CCCC1. The van der Waals surface area contributed by atoms with Crippen LogP contribution >= 0.6 is 11.3 Å². The summed E-state index contributed by atoms with van der Waals surface area (Å²) in [5.41, 5.74) is 0.628. The Labute approximate surface area is 127 Å². The number of carboxylic acid groups (broad SMARTS) is 1. The summed E-state index contributed by atoms with van der Waals surface area (Å²) in [4.78, 5) is 25.5. The van der Waals surface area contributed by atoms with Gasteiger partial charge >= 0.3 is 5.97 Å². The molecule has 5 heteroatoms. The van der Waals surface area contributed by atoms with Gasteiger partial charge in [0.1, 0.15) is 6.54 Å². The highest BCUT2D eigenvalue weighted by Crippen LogP contribution is 2.30. The molecule has 1 aromatic heterocycles. The number of amides is 1. The van der Waals surface area contributed by atoms with E-state index in [1.54, 1.807) is 4.90 Å². The molecule has 1 heterocycles. The van der Waals surface area contributed by atoms with E-state index in [2.05, 4.69) is 0 Å². The summed E-state index contributed by atoms with van der Waals surface area (Å²) >= 11 is 1.53. The minimum Gasteiger partial charge on any atom is -0.480 e. The zero-order valence-corrected chi connectivity index (χ0v) is 12.4. The van der Waals surface area contributed by atoms with Gasteiger partial charge in [-0.3, -0.25) is 9.59 Å². The molecule has 0 atom stereocenters. The number of rotatable bonds is 4. The van der Waals surface area contributed by atoms with E-state index in [-0.39, 0.29) is 18.5 Å². The molecule has 4 nitrogen and oxygen atoms in total. The van der Waals surface area contributed by atoms with Crippen molar-refractivity contribution in [3.05, 3.63) is 35.2 Å². The van der Waals surface area contributed by atoms with Crippen LogP contribution in [0, 0.1) is 0 Å². The lowest BCUT2D eigenvalue weighted by molar-refractivity contribution is -0.138. The van der Waals surface area contributed by atoms with Gasteiger partial charge in [-0.1, -0.05) is 31.0 Å². The summed E-state index contributed by atoms with van der Waals surface area (Å²) in [6, 6.07) is 7.81. The quantitative estimate of drug-likeness (QED) is 0.942. The van der Waals surface area contributed by atoms with Gasteiger partial charge in [0.25, 0.3) is 5.91 Å². The molecular weight excluding hydrogens is 286 g/mol. The van der Waals surface area contributed by atoms with Crippen molar-refractivity contribution in [3.63, 3.8) is 0 Å². The van der Waals surface area contributed by atoms with Gasteiger partial charge in [0.05, 0.1) is 5.56 Å². The van der Waals surface area contributed by atoms with E-state index in [4.69, 9.17) is 5.11 Å². The number of nitrogens with zero attached hydrogens (tertiary/aromatic N) is 1. The van der Waals surface area contributed by atoms with Gasteiger partial charge in [-0.2, -0.15) is 0 Å². The van der Waals surface area contributed by atoms with Crippen molar-refractivity contribution < 1.29 is 14.7 Å². The van der Waals surface area contributed by atoms with Crippen LogP contribution in [0.2, 0.25) is 0 Å². The molecule has 1 saturated carbocycles. The molecule has 1 amide bonds. The maximum atomic E-state index is 12.8. The largest absolute Gasteiger partial charge is 0.480 e. The van der Waals surface area contributed by atoms with Crippen LogP contribution in [-0.2, 0) is 4.79 Å². The Morgan fingerprint density at radius 1 is 1.24 bits per heavy atom. The molecule has 0 bridgehead atoms. The van der Waals surface area contributed by atoms with Crippen molar-refractivity contribution in [2.24, 2.45) is 0 Å². The molecule has 1 aliphatic rings. The molecule has 1 aliphatic carbocycles. The van der Waals surface area contributed by atoms with Gasteiger partial charge in [-0.25, -0.2) is 0 Å². The minimum absolute atomic E-state index is 0.0623. The van der Waals surface area contributed by atoms with Crippen molar-refractivity contribution in [1.82, 2.24) is 4.90 Å². The molecule has 1 N–H and O–H groups in total. The van der Waals surface area contributed by atoms with Crippen molar-refractivity contribution >= 4 is 33.3 Å². The van der Waals surface area contributed by atoms with Gasteiger partial charge in [0.2, 0.25) is 0 Å². The molecule has 110 valence electrons. The first kappa shape index (κ1) is 14.1. The summed E-state index contributed by atoms with van der Waals surface area (Å²) in [6.07, 6.45) is 3.94. The first-order valence-corrected chi connectivity index (χ1v) is 8.04. The standard InChI is InChI=1S/C16H17NO3S/c18-15(19)9-17(11-5-1-2-6-11)16(20)13-10-21-14-8-4-3-7-12(13)14/h3-4,7-8,10-11H,1-2,5-6,9H2,(H,18,19). The summed E-state index contributed by atoms with van der Waals surface area (Å²) in [6.45, 7) is -0.215. The molecule has 1 fully saturated rings. The maximum absolute atomic E-state index is 12.8. The summed E-state index contributed by atoms with van der Waals surface area (Å²) in [5.74, 6) is -1.10. The number of carbonyl (C=O) groups excluding carboxylic acids is 1. The summed E-state index contributed by atoms with van der Waals surface area (Å²) < 4.78 is 1.06. The number of benzene rings is 1. The van der Waals surface area contributed by atoms with E-state index in [1.165, 1.54) is 11.3 Å². The molecule has 2 aromatic rings. The molecule has 0 radical (unpaired) electrons. The Morgan fingerprint density at radius 2 is 1.95 bits per heavy atom. The van der Waals surface area contributed by atoms with Gasteiger partial charge < -0.3 is 10.0 Å². The third-order valence-corrected chi connectivity index (χ3v) is 5.01. The molecule has 0 saturated heterocycles. The molecular formula is C16H17NO3S. The fourth-order valence-corrected chi connectivity index (χ4v) is 3.96. The van der Waals surface area contributed by atoms with Crippen LogP contribution in [0.4, 0.5) is 0 Å². The summed E-state index contributed by atoms with van der Waals surface area (Å²) in [7, 11) is 0. The Bertz CT molecular complexity index is 673. The smallest absolute Gasteiger partial charge is 0.323 e. The van der Waals surface area contributed by atoms with Crippen LogP contribution in [0.15, 0.2) is 29.6 Å². The minimum atomic E-state index is -0.949. The second-order valence-electron chi connectivity index (χ2n) is 5.41. The molecule has 0 unspecified atom stereocenters. The fraction of sp³-hybridized carbons (Fsp3) is 0.375. The third-order valence-electron chi connectivity index (χ3n) is 4.04. The molecule has 21 heavy (non-hydrogen) atoms. The lowest BCUT2D eigenvalue weighted by Gasteiger charge is -2.27. The third kappa shape index (κ3) is 2.78. The van der Waals surface area contributed by atoms with E-state index in [9.17, 15) is 9.59 Å². The second-order valence-corrected chi connectivity index (χ2v) is 6.32. The Balaban J connectivity index is 1.94. The number of hydrogen-bond acceptors (Lipinski definition) is 3. The lowest BCUT2D eigenvalue weighted by atomic mass is 10.1. The monoisotopic (exact) mass is 303 g/mol. The van der Waals surface area contributed by atoms with Crippen molar-refractivity contribution in [1.29, 1.82) is 0 Å². The highest BCUT2D eigenvalue weighted by atomic mass is 32.1. The van der Waals surface area contributed by atoms with E-state index < -0.39 is 5.97 Å². The Hall–Kier alpha value is -1.88. The topological polar surface area (TPSA) is 57.6 Å². The van der Waals surface area contributed by atoms with Crippen LogP contribution in [0.5, 0.6) is 0 Å². The van der Waals surface area contributed by atoms with Crippen LogP contribution in [0.25, 0.3) is 10.1 Å². The number of fused-ring (bicyclic) bond motifs is 1. The van der Waals surface area contributed by atoms with Gasteiger partial charge in [-0.15, -0.1) is 11.3 Å². The second kappa shape index (κ2) is 5.85. The van der Waals surface area contributed by atoms with Crippen LogP contribution < -0.4 is 0 Å². The van der Waals surface area contributed by atoms with Crippen LogP contribution in [0.3, 0.4) is 0 Å². The first-order valence-electron chi connectivity index (χ1n) is 7.16.